The number of nitrogens with one attached hydrogen (secondary N) is 1. The maximum atomic E-state index is 12.1. The van der Waals surface area contributed by atoms with Crippen molar-refractivity contribution < 1.29 is 24.0 Å². The number of carbonyl (C=O) groups is 2. The molecule has 8 nitrogen and oxygen atoms in total. The summed E-state index contributed by atoms with van der Waals surface area (Å²) in [5, 5.41) is 17.8. The summed E-state index contributed by atoms with van der Waals surface area (Å²) in [6.45, 7) is 1.01. The minimum absolute atomic E-state index is 0.186. The van der Waals surface area contributed by atoms with Crippen LogP contribution in [0.2, 0.25) is 0 Å². The van der Waals surface area contributed by atoms with Crippen LogP contribution in [0.4, 0.5) is 0 Å². The minimum Gasteiger partial charge on any atom is -0.480 e. The summed E-state index contributed by atoms with van der Waals surface area (Å²) in [7, 11) is 0. The van der Waals surface area contributed by atoms with Crippen LogP contribution < -0.4 is 5.32 Å². The molecule has 3 heterocycles. The van der Waals surface area contributed by atoms with Crippen LogP contribution >= 0.6 is 11.3 Å². The van der Waals surface area contributed by atoms with Crippen molar-refractivity contribution in [3.05, 3.63) is 23.4 Å². The maximum Gasteiger partial charge on any atom is 0.326 e. The zero-order valence-electron chi connectivity index (χ0n) is 14.2. The van der Waals surface area contributed by atoms with Crippen molar-refractivity contribution in [3.63, 3.8) is 0 Å². The summed E-state index contributed by atoms with van der Waals surface area (Å²) in [6, 6.07) is 2.92. The van der Waals surface area contributed by atoms with E-state index in [1.54, 1.807) is 0 Å². The van der Waals surface area contributed by atoms with Gasteiger partial charge in [-0.15, -0.1) is 11.3 Å². The first-order chi connectivity index (χ1) is 12.6. The highest BCUT2D eigenvalue weighted by molar-refractivity contribution is 7.13. The van der Waals surface area contributed by atoms with Gasteiger partial charge in [0.1, 0.15) is 6.04 Å². The standard InChI is InChI=1S/C17H21N3O5S/c21-13(18-15(17(22)23)11-4-2-8-24-10-11)6-1-7-14-19-16(20-25-14)12-5-3-9-26-12/h3,5,9,11,15H,1-2,4,6-8,10H2,(H,18,21)(H,22,23). The molecule has 0 aliphatic carbocycles. The maximum absolute atomic E-state index is 12.1. The van der Waals surface area contributed by atoms with Crippen molar-refractivity contribution in [3.8, 4) is 10.7 Å². The predicted molar refractivity (Wildman–Crippen MR) is 93.7 cm³/mol. The van der Waals surface area contributed by atoms with Gasteiger partial charge in [-0.2, -0.15) is 4.98 Å². The molecule has 1 aliphatic rings. The first kappa shape index (κ1) is 18.5. The molecule has 2 N–H and O–H groups in total. The first-order valence-electron chi connectivity index (χ1n) is 8.60. The van der Waals surface area contributed by atoms with Gasteiger partial charge >= 0.3 is 5.97 Å². The molecule has 1 fully saturated rings. The molecule has 0 aromatic carbocycles. The number of aryl methyl sites for hydroxylation is 1. The Hall–Kier alpha value is -2.26. The van der Waals surface area contributed by atoms with Crippen LogP contribution in [-0.4, -0.2) is 46.4 Å². The number of ether oxygens (including phenoxy) is 1. The molecule has 140 valence electrons. The quantitative estimate of drug-likeness (QED) is 0.722. The summed E-state index contributed by atoms with van der Waals surface area (Å²) in [5.41, 5.74) is 0. The second-order valence-corrected chi connectivity index (χ2v) is 7.15. The monoisotopic (exact) mass is 379 g/mol. The summed E-state index contributed by atoms with van der Waals surface area (Å²) in [4.78, 5) is 28.8. The number of rotatable bonds is 8. The van der Waals surface area contributed by atoms with Gasteiger partial charge in [-0.25, -0.2) is 4.79 Å². The third kappa shape index (κ3) is 4.89. The van der Waals surface area contributed by atoms with Gasteiger partial charge in [0.05, 0.1) is 11.5 Å². The Kier molecular flexibility index (Phi) is 6.35. The normalized spacial score (nSPS) is 18.4. The lowest BCUT2D eigenvalue weighted by Crippen LogP contribution is -2.48. The third-order valence-corrected chi connectivity index (χ3v) is 5.12. The molecule has 3 rings (SSSR count). The molecule has 0 spiro atoms. The second-order valence-electron chi connectivity index (χ2n) is 6.20. The molecule has 1 saturated heterocycles. The van der Waals surface area contributed by atoms with E-state index in [2.05, 4.69) is 15.5 Å². The fourth-order valence-electron chi connectivity index (χ4n) is 2.92. The van der Waals surface area contributed by atoms with E-state index < -0.39 is 12.0 Å². The zero-order valence-corrected chi connectivity index (χ0v) is 15.0. The lowest BCUT2D eigenvalue weighted by atomic mass is 9.93. The van der Waals surface area contributed by atoms with E-state index in [4.69, 9.17) is 9.26 Å². The highest BCUT2D eigenvalue weighted by atomic mass is 32.1. The van der Waals surface area contributed by atoms with Gasteiger partial charge in [-0.1, -0.05) is 11.2 Å². The fraction of sp³-hybridized carbons (Fsp3) is 0.529. The second kappa shape index (κ2) is 8.91. The Morgan fingerprint density at radius 2 is 2.35 bits per heavy atom. The van der Waals surface area contributed by atoms with Gasteiger partial charge in [0.15, 0.2) is 0 Å². The SMILES string of the molecule is O=C(CCCc1nc(-c2cccs2)no1)NC(C(=O)O)C1CCCOC1. The Labute approximate surface area is 154 Å². The minimum atomic E-state index is -1.02. The smallest absolute Gasteiger partial charge is 0.326 e. The Bertz CT molecular complexity index is 725. The molecule has 2 atom stereocenters. The average Bonchev–Trinajstić information content (AvgIpc) is 3.31. The number of aromatic nitrogens is 2. The van der Waals surface area contributed by atoms with Crippen LogP contribution in [0.3, 0.4) is 0 Å². The number of aliphatic carboxylic acids is 1. The molecule has 0 saturated carbocycles. The highest BCUT2D eigenvalue weighted by Gasteiger charge is 2.31. The molecule has 0 radical (unpaired) electrons. The number of nitrogens with zero attached hydrogens (tertiary/aromatic N) is 2. The number of thiophene rings is 1. The number of hydrogen-bond donors (Lipinski definition) is 2. The summed E-state index contributed by atoms with van der Waals surface area (Å²) < 4.78 is 10.5. The lowest BCUT2D eigenvalue weighted by Gasteiger charge is -2.28. The molecule has 2 unspecified atom stereocenters. The van der Waals surface area contributed by atoms with Crippen LogP contribution in [0, 0.1) is 5.92 Å². The molecule has 1 amide bonds. The fourth-order valence-corrected chi connectivity index (χ4v) is 3.57. The van der Waals surface area contributed by atoms with Gasteiger partial charge < -0.3 is 19.7 Å². The summed E-state index contributed by atoms with van der Waals surface area (Å²) in [5.74, 6) is -0.485. The topological polar surface area (TPSA) is 115 Å². The Morgan fingerprint density at radius 1 is 1.46 bits per heavy atom. The molecular formula is C17H21N3O5S. The van der Waals surface area contributed by atoms with Gasteiger partial charge in [-0.3, -0.25) is 4.79 Å². The Balaban J connectivity index is 1.45. The van der Waals surface area contributed by atoms with Crippen molar-refractivity contribution in [2.45, 2.75) is 38.1 Å². The van der Waals surface area contributed by atoms with Crippen molar-refractivity contribution >= 4 is 23.2 Å². The molecule has 0 bridgehead atoms. The van der Waals surface area contributed by atoms with Gasteiger partial charge in [-0.05, 0) is 30.7 Å². The van der Waals surface area contributed by atoms with E-state index in [1.807, 2.05) is 17.5 Å². The van der Waals surface area contributed by atoms with Crippen LogP contribution in [0.5, 0.6) is 0 Å². The van der Waals surface area contributed by atoms with E-state index in [-0.39, 0.29) is 18.2 Å². The molecule has 2 aromatic heterocycles. The third-order valence-electron chi connectivity index (χ3n) is 4.25. The van der Waals surface area contributed by atoms with E-state index in [9.17, 15) is 14.7 Å². The van der Waals surface area contributed by atoms with Crippen LogP contribution in [-0.2, 0) is 20.7 Å². The van der Waals surface area contributed by atoms with E-state index in [0.717, 1.165) is 17.7 Å². The first-order valence-corrected chi connectivity index (χ1v) is 9.48. The Morgan fingerprint density at radius 3 is 3.04 bits per heavy atom. The van der Waals surface area contributed by atoms with E-state index in [1.165, 1.54) is 11.3 Å². The van der Waals surface area contributed by atoms with Crippen molar-refractivity contribution in [2.24, 2.45) is 5.92 Å². The van der Waals surface area contributed by atoms with E-state index >= 15 is 0 Å². The van der Waals surface area contributed by atoms with Crippen LogP contribution in [0.25, 0.3) is 10.7 Å². The predicted octanol–water partition coefficient (Wildman–Crippen LogP) is 2.12. The summed E-state index contributed by atoms with van der Waals surface area (Å²) in [6.07, 6.45) is 2.73. The van der Waals surface area contributed by atoms with E-state index in [0.29, 0.717) is 37.8 Å². The molecule has 2 aromatic rings. The number of carbonyl (C=O) groups excluding carboxylic acids is 1. The molecule has 9 heteroatoms. The number of carboxylic acid groups (broad SMARTS) is 1. The van der Waals surface area contributed by atoms with Crippen molar-refractivity contribution in [1.29, 1.82) is 0 Å². The number of carboxylic acids is 1. The zero-order chi connectivity index (χ0) is 18.4. The summed E-state index contributed by atoms with van der Waals surface area (Å²) >= 11 is 1.53. The van der Waals surface area contributed by atoms with Gasteiger partial charge in [0, 0.05) is 25.4 Å². The van der Waals surface area contributed by atoms with Crippen LogP contribution in [0.1, 0.15) is 31.6 Å². The molecule has 26 heavy (non-hydrogen) atoms. The molecule has 1 aliphatic heterocycles. The molecular weight excluding hydrogens is 358 g/mol. The van der Waals surface area contributed by atoms with Crippen LogP contribution in [0.15, 0.2) is 22.0 Å². The van der Waals surface area contributed by atoms with Crippen molar-refractivity contribution in [1.82, 2.24) is 15.5 Å². The average molecular weight is 379 g/mol. The van der Waals surface area contributed by atoms with Gasteiger partial charge in [0.2, 0.25) is 17.6 Å². The lowest BCUT2D eigenvalue weighted by molar-refractivity contribution is -0.145. The number of hydrogen-bond acceptors (Lipinski definition) is 7. The number of amides is 1. The largest absolute Gasteiger partial charge is 0.480 e. The highest BCUT2D eigenvalue weighted by Crippen LogP contribution is 2.22. The van der Waals surface area contributed by atoms with Gasteiger partial charge in [0.25, 0.3) is 0 Å². The van der Waals surface area contributed by atoms with Crippen molar-refractivity contribution in [2.75, 3.05) is 13.2 Å².